The third-order valence-corrected chi connectivity index (χ3v) is 3.44. The number of hydrogen-bond donors (Lipinski definition) is 1. The summed E-state index contributed by atoms with van der Waals surface area (Å²) in [5, 5.41) is 13.8. The van der Waals surface area contributed by atoms with Gasteiger partial charge in [-0.2, -0.15) is 0 Å². The summed E-state index contributed by atoms with van der Waals surface area (Å²) in [6.45, 7) is 6.95. The Morgan fingerprint density at radius 3 is 2.67 bits per heavy atom. The van der Waals surface area contributed by atoms with Crippen molar-refractivity contribution < 1.29 is 14.5 Å². The lowest BCUT2D eigenvalue weighted by Gasteiger charge is -2.18. The first kappa shape index (κ1) is 15.2. The van der Waals surface area contributed by atoms with Crippen LogP contribution in [0.25, 0.3) is 10.2 Å². The van der Waals surface area contributed by atoms with Gasteiger partial charge in [-0.25, -0.2) is 9.78 Å². The predicted molar refractivity (Wildman–Crippen MR) is 80.9 cm³/mol. The Hall–Kier alpha value is -2.22. The number of hydrogen-bond acceptors (Lipinski definition) is 6. The van der Waals surface area contributed by atoms with E-state index in [0.717, 1.165) is 4.70 Å². The highest BCUT2D eigenvalue weighted by atomic mass is 32.1. The average molecular weight is 309 g/mol. The zero-order valence-electron chi connectivity index (χ0n) is 12.1. The minimum atomic E-state index is -0.604. The summed E-state index contributed by atoms with van der Waals surface area (Å²) in [5.74, 6) is 0. The second kappa shape index (κ2) is 5.28. The van der Waals surface area contributed by atoms with Crippen molar-refractivity contribution in [1.29, 1.82) is 0 Å². The molecule has 0 saturated carbocycles. The quantitative estimate of drug-likeness (QED) is 0.671. The number of anilines is 1. The van der Waals surface area contributed by atoms with Gasteiger partial charge >= 0.3 is 6.09 Å². The van der Waals surface area contributed by atoms with Crippen LogP contribution in [0.5, 0.6) is 0 Å². The molecule has 0 aliphatic rings. The minimum Gasteiger partial charge on any atom is -0.444 e. The Bertz CT molecular complexity index is 718. The zero-order chi connectivity index (χ0) is 15.8. The maximum Gasteiger partial charge on any atom is 0.413 e. The van der Waals surface area contributed by atoms with E-state index in [1.165, 1.54) is 17.4 Å². The molecule has 0 bridgehead atoms. The normalized spacial score (nSPS) is 11.4. The number of nitro benzene ring substituents is 1. The van der Waals surface area contributed by atoms with E-state index >= 15 is 0 Å². The second-order valence-electron chi connectivity index (χ2n) is 5.51. The Morgan fingerprint density at radius 1 is 1.43 bits per heavy atom. The van der Waals surface area contributed by atoms with Crippen LogP contribution in [-0.4, -0.2) is 21.6 Å². The molecule has 21 heavy (non-hydrogen) atoms. The molecule has 1 amide bonds. The average Bonchev–Trinajstić information content (AvgIpc) is 2.65. The molecule has 1 N–H and O–H groups in total. The van der Waals surface area contributed by atoms with E-state index in [2.05, 4.69) is 10.3 Å². The van der Waals surface area contributed by atoms with E-state index in [0.29, 0.717) is 16.2 Å². The third kappa shape index (κ3) is 3.66. The molecule has 0 aliphatic heterocycles. The summed E-state index contributed by atoms with van der Waals surface area (Å²) in [4.78, 5) is 26.3. The molecule has 2 aromatic rings. The number of carbonyl (C=O) groups is 1. The van der Waals surface area contributed by atoms with Crippen molar-refractivity contribution in [2.24, 2.45) is 0 Å². The van der Waals surface area contributed by atoms with Gasteiger partial charge in [0, 0.05) is 11.6 Å². The van der Waals surface area contributed by atoms with E-state index < -0.39 is 16.6 Å². The number of fused-ring (bicyclic) bond motifs is 1. The maximum absolute atomic E-state index is 11.7. The van der Waals surface area contributed by atoms with Crippen LogP contribution in [0, 0.1) is 17.0 Å². The van der Waals surface area contributed by atoms with Crippen molar-refractivity contribution in [3.05, 3.63) is 27.8 Å². The monoisotopic (exact) mass is 309 g/mol. The van der Waals surface area contributed by atoms with E-state index in [-0.39, 0.29) is 5.69 Å². The van der Waals surface area contributed by atoms with Crippen molar-refractivity contribution in [1.82, 2.24) is 4.98 Å². The van der Waals surface area contributed by atoms with Crippen molar-refractivity contribution in [2.75, 3.05) is 5.32 Å². The number of rotatable bonds is 2. The Balaban J connectivity index is 2.27. The molecule has 0 unspecified atom stereocenters. The van der Waals surface area contributed by atoms with Crippen molar-refractivity contribution in [3.63, 3.8) is 0 Å². The molecule has 1 aromatic heterocycles. The number of carbonyl (C=O) groups excluding carboxylic acids is 1. The molecule has 0 aliphatic carbocycles. The fraction of sp³-hybridized carbons (Fsp3) is 0.385. The molecule has 0 radical (unpaired) electrons. The summed E-state index contributed by atoms with van der Waals surface area (Å²) in [6.07, 6.45) is -0.604. The number of ether oxygens (including phenoxy) is 1. The molecular formula is C13H15N3O4S. The SMILES string of the molecule is Cc1cc2sc(NC(=O)OC(C)(C)C)nc2cc1[N+](=O)[O-]. The fourth-order valence-electron chi connectivity index (χ4n) is 1.71. The number of benzene rings is 1. The van der Waals surface area contributed by atoms with Gasteiger partial charge in [-0.3, -0.25) is 15.4 Å². The number of aryl methyl sites for hydroxylation is 1. The van der Waals surface area contributed by atoms with Gasteiger partial charge in [0.15, 0.2) is 5.13 Å². The molecule has 1 heterocycles. The lowest BCUT2D eigenvalue weighted by atomic mass is 10.2. The van der Waals surface area contributed by atoms with Crippen LogP contribution in [0.2, 0.25) is 0 Å². The van der Waals surface area contributed by atoms with E-state index in [9.17, 15) is 14.9 Å². The number of nitrogens with one attached hydrogen (secondary N) is 1. The number of nitro groups is 1. The van der Waals surface area contributed by atoms with Crippen LogP contribution in [-0.2, 0) is 4.74 Å². The van der Waals surface area contributed by atoms with Gasteiger partial charge < -0.3 is 4.74 Å². The summed E-state index contributed by atoms with van der Waals surface area (Å²) in [5.41, 5.74) is 0.441. The largest absolute Gasteiger partial charge is 0.444 e. The highest BCUT2D eigenvalue weighted by molar-refractivity contribution is 7.22. The van der Waals surface area contributed by atoms with Crippen LogP contribution >= 0.6 is 11.3 Å². The van der Waals surface area contributed by atoms with Crippen molar-refractivity contribution >= 4 is 38.5 Å². The molecule has 112 valence electrons. The molecule has 0 spiro atoms. The van der Waals surface area contributed by atoms with E-state index in [1.54, 1.807) is 33.8 Å². The van der Waals surface area contributed by atoms with Gasteiger partial charge in [0.1, 0.15) is 5.60 Å². The third-order valence-electron chi connectivity index (χ3n) is 2.51. The van der Waals surface area contributed by atoms with Gasteiger partial charge in [0.2, 0.25) is 0 Å². The highest BCUT2D eigenvalue weighted by Gasteiger charge is 2.19. The van der Waals surface area contributed by atoms with E-state index in [1.807, 2.05) is 0 Å². The van der Waals surface area contributed by atoms with E-state index in [4.69, 9.17) is 4.74 Å². The molecule has 0 atom stereocenters. The van der Waals surface area contributed by atoms with Crippen LogP contribution in [0.4, 0.5) is 15.6 Å². The fourth-order valence-corrected chi connectivity index (χ4v) is 2.64. The lowest BCUT2D eigenvalue weighted by Crippen LogP contribution is -2.27. The topological polar surface area (TPSA) is 94.4 Å². The number of nitrogens with zero attached hydrogens (tertiary/aromatic N) is 2. The van der Waals surface area contributed by atoms with Crippen LogP contribution < -0.4 is 5.32 Å². The summed E-state index contributed by atoms with van der Waals surface area (Å²) in [7, 11) is 0. The molecule has 2 rings (SSSR count). The van der Waals surface area contributed by atoms with Crippen molar-refractivity contribution in [3.8, 4) is 0 Å². The van der Waals surface area contributed by atoms with Gasteiger partial charge in [-0.05, 0) is 33.8 Å². The lowest BCUT2D eigenvalue weighted by molar-refractivity contribution is -0.385. The standard InChI is InChI=1S/C13H15N3O4S/c1-7-5-10-8(6-9(7)16(18)19)14-11(21-10)15-12(17)20-13(2,3)4/h5-6H,1-4H3,(H,14,15,17). The Morgan fingerprint density at radius 2 is 2.10 bits per heavy atom. The number of amides is 1. The smallest absolute Gasteiger partial charge is 0.413 e. The number of thiazole rings is 1. The second-order valence-corrected chi connectivity index (χ2v) is 6.54. The van der Waals surface area contributed by atoms with Crippen LogP contribution in [0.3, 0.4) is 0 Å². The van der Waals surface area contributed by atoms with Gasteiger partial charge in [0.25, 0.3) is 5.69 Å². The first-order valence-electron chi connectivity index (χ1n) is 6.21. The first-order chi connectivity index (χ1) is 9.65. The first-order valence-corrected chi connectivity index (χ1v) is 7.03. The minimum absolute atomic E-state index is 0.0108. The maximum atomic E-state index is 11.7. The molecule has 0 fully saturated rings. The van der Waals surface area contributed by atoms with Gasteiger partial charge in [-0.15, -0.1) is 0 Å². The van der Waals surface area contributed by atoms with Crippen LogP contribution in [0.1, 0.15) is 26.3 Å². The molecule has 1 aromatic carbocycles. The summed E-state index contributed by atoms with van der Waals surface area (Å²) < 4.78 is 5.90. The zero-order valence-corrected chi connectivity index (χ0v) is 12.9. The van der Waals surface area contributed by atoms with Gasteiger partial charge in [-0.1, -0.05) is 11.3 Å². The van der Waals surface area contributed by atoms with Crippen molar-refractivity contribution in [2.45, 2.75) is 33.3 Å². The molecule has 8 heteroatoms. The number of aromatic nitrogens is 1. The Labute approximate surface area is 125 Å². The van der Waals surface area contributed by atoms with Crippen LogP contribution in [0.15, 0.2) is 12.1 Å². The van der Waals surface area contributed by atoms with Gasteiger partial charge in [0.05, 0.1) is 15.1 Å². The molecule has 0 saturated heterocycles. The molecule has 7 nitrogen and oxygen atoms in total. The predicted octanol–water partition coefficient (Wildman–Crippen LogP) is 3.86. The highest BCUT2D eigenvalue weighted by Crippen LogP contribution is 2.31. The summed E-state index contributed by atoms with van der Waals surface area (Å²) >= 11 is 1.24. The Kier molecular flexibility index (Phi) is 3.82. The molecular weight excluding hydrogens is 294 g/mol. The summed E-state index contributed by atoms with van der Waals surface area (Å²) in [6, 6.07) is 3.09.